The Bertz CT molecular complexity index is 1060. The molecule has 0 atom stereocenters. The van der Waals surface area contributed by atoms with Crippen LogP contribution in [0.5, 0.6) is 5.75 Å². The molecule has 0 fully saturated rings. The van der Waals surface area contributed by atoms with Gasteiger partial charge >= 0.3 is 0 Å². The highest BCUT2D eigenvalue weighted by molar-refractivity contribution is 5.76. The maximum atomic E-state index is 6.00. The van der Waals surface area contributed by atoms with E-state index in [0.717, 1.165) is 29.2 Å². The Kier molecular flexibility index (Phi) is 4.68. The van der Waals surface area contributed by atoms with E-state index in [-0.39, 0.29) is 0 Å². The molecule has 3 nitrogen and oxygen atoms in total. The molecule has 3 heteroatoms. The molecule has 1 aromatic heterocycles. The van der Waals surface area contributed by atoms with Gasteiger partial charge in [-0.05, 0) is 61.7 Å². The molecule has 0 N–H and O–H groups in total. The molecule has 27 heavy (non-hydrogen) atoms. The quantitative estimate of drug-likeness (QED) is 0.466. The predicted octanol–water partition coefficient (Wildman–Crippen LogP) is 5.59. The van der Waals surface area contributed by atoms with Crippen LogP contribution < -0.4 is 4.74 Å². The summed E-state index contributed by atoms with van der Waals surface area (Å²) < 4.78 is 8.28. The van der Waals surface area contributed by atoms with Gasteiger partial charge in [0.1, 0.15) is 18.2 Å². The van der Waals surface area contributed by atoms with E-state index in [0.29, 0.717) is 6.61 Å². The summed E-state index contributed by atoms with van der Waals surface area (Å²) in [5.41, 5.74) is 7.44. The summed E-state index contributed by atoms with van der Waals surface area (Å²) in [5.74, 6) is 1.80. The highest BCUT2D eigenvalue weighted by Crippen LogP contribution is 2.23. The van der Waals surface area contributed by atoms with Crippen molar-refractivity contribution >= 4 is 11.0 Å². The zero-order chi connectivity index (χ0) is 18.8. The lowest BCUT2D eigenvalue weighted by Crippen LogP contribution is -2.10. The van der Waals surface area contributed by atoms with Crippen LogP contribution in [0.3, 0.4) is 0 Å². The summed E-state index contributed by atoms with van der Waals surface area (Å²) in [6, 6.07) is 22.7. The Morgan fingerprint density at radius 3 is 2.26 bits per heavy atom. The van der Waals surface area contributed by atoms with Crippen LogP contribution in [0.15, 0.2) is 66.7 Å². The van der Waals surface area contributed by atoms with Crippen molar-refractivity contribution in [3.63, 3.8) is 0 Å². The van der Waals surface area contributed by atoms with E-state index < -0.39 is 0 Å². The van der Waals surface area contributed by atoms with Gasteiger partial charge in [-0.1, -0.05) is 48.0 Å². The van der Waals surface area contributed by atoms with E-state index in [2.05, 4.69) is 55.7 Å². The number of hydrogen-bond acceptors (Lipinski definition) is 2. The number of para-hydroxylation sites is 3. The van der Waals surface area contributed by atoms with Crippen LogP contribution in [0.25, 0.3) is 11.0 Å². The summed E-state index contributed by atoms with van der Waals surface area (Å²) >= 11 is 0. The minimum Gasteiger partial charge on any atom is -0.486 e. The fraction of sp³-hybridized carbons (Fsp3) is 0.208. The molecule has 0 aliphatic rings. The molecule has 0 radical (unpaired) electrons. The number of benzene rings is 3. The Labute approximate surface area is 160 Å². The van der Waals surface area contributed by atoms with Crippen LogP contribution in [0, 0.1) is 20.8 Å². The van der Waals surface area contributed by atoms with Crippen molar-refractivity contribution in [1.29, 1.82) is 0 Å². The van der Waals surface area contributed by atoms with Crippen molar-refractivity contribution in [3.05, 3.63) is 94.8 Å². The first-order chi connectivity index (χ1) is 13.1. The average molecular weight is 356 g/mol. The van der Waals surface area contributed by atoms with Crippen LogP contribution in [-0.4, -0.2) is 9.55 Å². The largest absolute Gasteiger partial charge is 0.486 e. The molecule has 0 saturated carbocycles. The fourth-order valence-corrected chi connectivity index (χ4v) is 3.69. The molecule has 0 aliphatic carbocycles. The SMILES string of the molecule is Cc1cc(C)c(Cn2c(COc3ccccc3)nc3ccccc32)c(C)c1. The van der Waals surface area contributed by atoms with Crippen LogP contribution in [-0.2, 0) is 13.2 Å². The molecule has 0 amide bonds. The van der Waals surface area contributed by atoms with Crippen molar-refractivity contribution in [3.8, 4) is 5.75 Å². The Balaban J connectivity index is 1.72. The number of aryl methyl sites for hydroxylation is 3. The summed E-state index contributed by atoms with van der Waals surface area (Å²) in [4.78, 5) is 4.84. The normalized spacial score (nSPS) is 11.1. The molecule has 3 aromatic carbocycles. The number of hydrogen-bond donors (Lipinski definition) is 0. The molecule has 136 valence electrons. The number of nitrogens with zero attached hydrogens (tertiary/aromatic N) is 2. The van der Waals surface area contributed by atoms with Gasteiger partial charge in [0.2, 0.25) is 0 Å². The summed E-state index contributed by atoms with van der Waals surface area (Å²) in [7, 11) is 0. The molecule has 0 aliphatic heterocycles. The van der Waals surface area contributed by atoms with E-state index in [4.69, 9.17) is 9.72 Å². The third kappa shape index (κ3) is 3.59. The van der Waals surface area contributed by atoms with E-state index in [9.17, 15) is 0 Å². The van der Waals surface area contributed by atoms with Crippen LogP contribution in [0.4, 0.5) is 0 Å². The van der Waals surface area contributed by atoms with Crippen molar-refractivity contribution in [2.24, 2.45) is 0 Å². The third-order valence-corrected chi connectivity index (χ3v) is 5.00. The second-order valence-electron chi connectivity index (χ2n) is 7.08. The van der Waals surface area contributed by atoms with Gasteiger partial charge in [0.15, 0.2) is 0 Å². The van der Waals surface area contributed by atoms with Gasteiger partial charge in [0.25, 0.3) is 0 Å². The lowest BCUT2D eigenvalue weighted by Gasteiger charge is -2.15. The number of imidazole rings is 1. The topological polar surface area (TPSA) is 27.1 Å². The lowest BCUT2D eigenvalue weighted by molar-refractivity contribution is 0.291. The summed E-state index contributed by atoms with van der Waals surface area (Å²) in [6.45, 7) is 7.77. The predicted molar refractivity (Wildman–Crippen MR) is 110 cm³/mol. The minimum atomic E-state index is 0.447. The van der Waals surface area contributed by atoms with Crippen LogP contribution in [0.2, 0.25) is 0 Å². The van der Waals surface area contributed by atoms with Gasteiger partial charge < -0.3 is 9.30 Å². The molecular formula is C24H24N2O. The minimum absolute atomic E-state index is 0.447. The molecular weight excluding hydrogens is 332 g/mol. The van der Waals surface area contributed by atoms with Gasteiger partial charge in [-0.2, -0.15) is 0 Å². The average Bonchev–Trinajstić information content (AvgIpc) is 3.01. The maximum Gasteiger partial charge on any atom is 0.148 e. The standard InChI is InChI=1S/C24H24N2O/c1-17-13-18(2)21(19(3)14-17)15-26-23-12-8-7-11-22(23)25-24(26)16-27-20-9-5-4-6-10-20/h4-14H,15-16H2,1-3H3. The zero-order valence-electron chi connectivity index (χ0n) is 16.1. The zero-order valence-corrected chi connectivity index (χ0v) is 16.1. The first kappa shape index (κ1) is 17.3. The van der Waals surface area contributed by atoms with Gasteiger partial charge in [-0.3, -0.25) is 0 Å². The molecule has 1 heterocycles. The van der Waals surface area contributed by atoms with Crippen molar-refractivity contribution in [2.45, 2.75) is 33.9 Å². The van der Waals surface area contributed by atoms with E-state index in [1.165, 1.54) is 22.3 Å². The molecule has 0 saturated heterocycles. The molecule has 4 aromatic rings. The molecule has 0 spiro atoms. The highest BCUT2D eigenvalue weighted by Gasteiger charge is 2.14. The number of rotatable bonds is 5. The van der Waals surface area contributed by atoms with E-state index >= 15 is 0 Å². The van der Waals surface area contributed by atoms with Gasteiger partial charge in [-0.15, -0.1) is 0 Å². The second kappa shape index (κ2) is 7.28. The monoisotopic (exact) mass is 356 g/mol. The molecule has 0 bridgehead atoms. The van der Waals surface area contributed by atoms with Gasteiger partial charge in [0, 0.05) is 6.54 Å². The number of ether oxygens (including phenoxy) is 1. The van der Waals surface area contributed by atoms with Crippen molar-refractivity contribution in [2.75, 3.05) is 0 Å². The van der Waals surface area contributed by atoms with Gasteiger partial charge in [0.05, 0.1) is 11.0 Å². The maximum absolute atomic E-state index is 6.00. The van der Waals surface area contributed by atoms with Crippen molar-refractivity contribution in [1.82, 2.24) is 9.55 Å². The lowest BCUT2D eigenvalue weighted by atomic mass is 10.00. The Hall–Kier alpha value is -3.07. The van der Waals surface area contributed by atoms with E-state index in [1.807, 2.05) is 36.4 Å². The van der Waals surface area contributed by atoms with E-state index in [1.54, 1.807) is 0 Å². The fourth-order valence-electron chi connectivity index (χ4n) is 3.69. The summed E-state index contributed by atoms with van der Waals surface area (Å²) in [5, 5.41) is 0. The smallest absolute Gasteiger partial charge is 0.148 e. The molecule has 0 unspecified atom stereocenters. The third-order valence-electron chi connectivity index (χ3n) is 5.00. The van der Waals surface area contributed by atoms with Gasteiger partial charge in [-0.25, -0.2) is 4.98 Å². The Morgan fingerprint density at radius 1 is 0.852 bits per heavy atom. The second-order valence-corrected chi connectivity index (χ2v) is 7.08. The summed E-state index contributed by atoms with van der Waals surface area (Å²) in [6.07, 6.45) is 0. The molecule has 4 rings (SSSR count). The number of aromatic nitrogens is 2. The highest BCUT2D eigenvalue weighted by atomic mass is 16.5. The first-order valence-electron chi connectivity index (χ1n) is 9.30. The number of fused-ring (bicyclic) bond motifs is 1. The first-order valence-corrected chi connectivity index (χ1v) is 9.30. The van der Waals surface area contributed by atoms with Crippen LogP contribution >= 0.6 is 0 Å². The van der Waals surface area contributed by atoms with Crippen LogP contribution in [0.1, 0.15) is 28.1 Å². The Morgan fingerprint density at radius 2 is 1.52 bits per heavy atom. The van der Waals surface area contributed by atoms with Crippen molar-refractivity contribution < 1.29 is 4.74 Å².